The largest absolute Gasteiger partial charge is 0.310 e. The van der Waals surface area contributed by atoms with Gasteiger partial charge in [0.2, 0.25) is 0 Å². The molecule has 0 aliphatic rings. The minimum Gasteiger partial charge on any atom is -0.310 e. The summed E-state index contributed by atoms with van der Waals surface area (Å²) in [5, 5.41) is 3.47. The van der Waals surface area contributed by atoms with Gasteiger partial charge in [0.05, 0.1) is 5.02 Å². The first-order valence-corrected chi connectivity index (χ1v) is 7.32. The third-order valence-corrected chi connectivity index (χ3v) is 3.77. The average molecular weight is 310 g/mol. The molecule has 0 bridgehead atoms. The van der Waals surface area contributed by atoms with E-state index in [1.165, 1.54) is 12.1 Å². The second-order valence-corrected chi connectivity index (χ2v) is 5.48. The van der Waals surface area contributed by atoms with E-state index in [0.717, 1.165) is 17.7 Å². The highest BCUT2D eigenvalue weighted by molar-refractivity contribution is 6.30. The van der Waals surface area contributed by atoms with Crippen LogP contribution in [-0.2, 0) is 6.42 Å². The molecule has 0 aliphatic carbocycles. The molecule has 1 N–H and O–H groups in total. The summed E-state index contributed by atoms with van der Waals surface area (Å²) in [5.41, 5.74) is 2.45. The van der Waals surface area contributed by atoms with Crippen LogP contribution in [-0.4, -0.2) is 6.54 Å². The maximum Gasteiger partial charge on any atom is 0.142 e. The molecule has 0 heterocycles. The zero-order chi connectivity index (χ0) is 15.4. The molecule has 0 saturated heterocycles. The van der Waals surface area contributed by atoms with E-state index in [-0.39, 0.29) is 16.9 Å². The fourth-order valence-corrected chi connectivity index (χ4v) is 2.46. The standard InChI is InChI=1S/C17H18ClF2N/c1-3-21-17(13-5-7-15(19)11(2)8-13)10-12-4-6-14(18)16(20)9-12/h4-9,17,21H,3,10H2,1-2H3. The molecule has 0 saturated carbocycles. The zero-order valence-electron chi connectivity index (χ0n) is 12.1. The van der Waals surface area contributed by atoms with Crippen LogP contribution >= 0.6 is 11.6 Å². The fraction of sp³-hybridized carbons (Fsp3) is 0.294. The molecule has 1 atom stereocenters. The summed E-state index contributed by atoms with van der Waals surface area (Å²) < 4.78 is 26.9. The first kappa shape index (κ1) is 15.9. The second kappa shape index (κ2) is 7.01. The highest BCUT2D eigenvalue weighted by Gasteiger charge is 2.13. The minimum absolute atomic E-state index is 0.00914. The van der Waals surface area contributed by atoms with Crippen LogP contribution in [0.5, 0.6) is 0 Å². The molecule has 0 radical (unpaired) electrons. The first-order chi connectivity index (χ1) is 10.0. The number of aryl methyl sites for hydroxylation is 1. The summed E-state index contributed by atoms with van der Waals surface area (Å²) in [6.07, 6.45) is 0.618. The Morgan fingerprint density at radius 1 is 1.10 bits per heavy atom. The molecular formula is C17H18ClF2N. The van der Waals surface area contributed by atoms with E-state index in [4.69, 9.17) is 11.6 Å². The van der Waals surface area contributed by atoms with Crippen molar-refractivity contribution in [2.45, 2.75) is 26.3 Å². The molecule has 0 spiro atoms. The molecule has 0 amide bonds. The number of hydrogen-bond donors (Lipinski definition) is 1. The Bertz CT molecular complexity index is 628. The van der Waals surface area contributed by atoms with Crippen molar-refractivity contribution in [3.05, 3.63) is 69.7 Å². The average Bonchev–Trinajstić information content (AvgIpc) is 2.45. The van der Waals surface area contributed by atoms with E-state index in [1.807, 2.05) is 19.1 Å². The van der Waals surface area contributed by atoms with Crippen LogP contribution in [0.25, 0.3) is 0 Å². The SMILES string of the molecule is CCNC(Cc1ccc(Cl)c(F)c1)c1ccc(F)c(C)c1. The topological polar surface area (TPSA) is 12.0 Å². The summed E-state index contributed by atoms with van der Waals surface area (Å²) in [4.78, 5) is 0. The van der Waals surface area contributed by atoms with Gasteiger partial charge in [0.15, 0.2) is 0 Å². The molecule has 2 aromatic rings. The van der Waals surface area contributed by atoms with Crippen molar-refractivity contribution in [3.8, 4) is 0 Å². The van der Waals surface area contributed by atoms with Gasteiger partial charge >= 0.3 is 0 Å². The number of hydrogen-bond acceptors (Lipinski definition) is 1. The Balaban J connectivity index is 2.25. The van der Waals surface area contributed by atoms with Crippen LogP contribution in [0.3, 0.4) is 0 Å². The van der Waals surface area contributed by atoms with Crippen molar-refractivity contribution in [1.29, 1.82) is 0 Å². The molecular weight excluding hydrogens is 292 g/mol. The molecule has 21 heavy (non-hydrogen) atoms. The number of benzene rings is 2. The van der Waals surface area contributed by atoms with Crippen molar-refractivity contribution in [1.82, 2.24) is 5.32 Å². The van der Waals surface area contributed by atoms with Crippen LogP contribution in [0.4, 0.5) is 8.78 Å². The summed E-state index contributed by atoms with van der Waals surface area (Å²) in [6.45, 7) is 4.52. The van der Waals surface area contributed by atoms with Crippen molar-refractivity contribution in [2.24, 2.45) is 0 Å². The lowest BCUT2D eigenvalue weighted by Gasteiger charge is -2.19. The normalized spacial score (nSPS) is 12.4. The van der Waals surface area contributed by atoms with Gasteiger partial charge in [0.1, 0.15) is 11.6 Å². The molecule has 4 heteroatoms. The van der Waals surface area contributed by atoms with Crippen LogP contribution < -0.4 is 5.32 Å². The van der Waals surface area contributed by atoms with Gasteiger partial charge in [0.25, 0.3) is 0 Å². The quantitative estimate of drug-likeness (QED) is 0.835. The molecule has 0 aliphatic heterocycles. The Morgan fingerprint density at radius 2 is 1.86 bits per heavy atom. The molecule has 0 fully saturated rings. The maximum absolute atomic E-state index is 13.5. The smallest absolute Gasteiger partial charge is 0.142 e. The summed E-state index contributed by atoms with van der Waals surface area (Å²) in [7, 11) is 0. The van der Waals surface area contributed by atoms with Gasteiger partial charge in [-0.1, -0.05) is 36.7 Å². The predicted molar refractivity (Wildman–Crippen MR) is 82.7 cm³/mol. The Morgan fingerprint density at radius 3 is 2.48 bits per heavy atom. The highest BCUT2D eigenvalue weighted by atomic mass is 35.5. The van der Waals surface area contributed by atoms with Gasteiger partial charge in [-0.3, -0.25) is 0 Å². The molecule has 1 unspecified atom stereocenters. The third kappa shape index (κ3) is 4.02. The van der Waals surface area contributed by atoms with Gasteiger partial charge in [-0.15, -0.1) is 0 Å². The second-order valence-electron chi connectivity index (χ2n) is 5.07. The predicted octanol–water partition coefficient (Wildman–Crippen LogP) is 4.82. The van der Waals surface area contributed by atoms with Gasteiger partial charge in [-0.25, -0.2) is 8.78 Å². The van der Waals surface area contributed by atoms with Gasteiger partial charge in [-0.2, -0.15) is 0 Å². The van der Waals surface area contributed by atoms with Gasteiger partial charge in [-0.05, 0) is 54.8 Å². The van der Waals surface area contributed by atoms with E-state index in [1.54, 1.807) is 19.1 Å². The number of nitrogens with one attached hydrogen (secondary N) is 1. The van der Waals surface area contributed by atoms with E-state index in [2.05, 4.69) is 5.32 Å². The van der Waals surface area contributed by atoms with E-state index < -0.39 is 5.82 Å². The highest BCUT2D eigenvalue weighted by Crippen LogP contribution is 2.23. The van der Waals surface area contributed by atoms with Crippen molar-refractivity contribution in [3.63, 3.8) is 0 Å². The lowest BCUT2D eigenvalue weighted by atomic mass is 9.97. The van der Waals surface area contributed by atoms with E-state index in [0.29, 0.717) is 12.0 Å². The van der Waals surface area contributed by atoms with E-state index >= 15 is 0 Å². The Kier molecular flexibility index (Phi) is 5.32. The van der Waals surface area contributed by atoms with Gasteiger partial charge < -0.3 is 5.32 Å². The van der Waals surface area contributed by atoms with E-state index in [9.17, 15) is 8.78 Å². The molecule has 0 aromatic heterocycles. The van der Waals surface area contributed by atoms with Gasteiger partial charge in [0, 0.05) is 6.04 Å². The first-order valence-electron chi connectivity index (χ1n) is 6.94. The van der Waals surface area contributed by atoms with Crippen molar-refractivity contribution in [2.75, 3.05) is 6.54 Å². The maximum atomic E-state index is 13.5. The van der Waals surface area contributed by atoms with Crippen molar-refractivity contribution < 1.29 is 8.78 Å². The Labute approximate surface area is 128 Å². The molecule has 2 aromatic carbocycles. The number of likely N-dealkylation sites (N-methyl/N-ethyl adjacent to an activating group) is 1. The zero-order valence-corrected chi connectivity index (χ0v) is 12.8. The van der Waals surface area contributed by atoms with Crippen molar-refractivity contribution >= 4 is 11.6 Å². The molecule has 2 rings (SSSR count). The Hall–Kier alpha value is -1.45. The van der Waals surface area contributed by atoms with Crippen LogP contribution in [0.15, 0.2) is 36.4 Å². The summed E-state index contributed by atoms with van der Waals surface area (Å²) in [6, 6.07) is 9.89. The fourth-order valence-electron chi connectivity index (χ4n) is 2.34. The van der Waals surface area contributed by atoms with Crippen LogP contribution in [0.1, 0.15) is 29.7 Å². The minimum atomic E-state index is -0.417. The van der Waals surface area contributed by atoms with Crippen LogP contribution in [0, 0.1) is 18.6 Å². The monoisotopic (exact) mass is 309 g/mol. The number of rotatable bonds is 5. The number of halogens is 3. The lowest BCUT2D eigenvalue weighted by molar-refractivity contribution is 0.543. The third-order valence-electron chi connectivity index (χ3n) is 3.46. The molecule has 1 nitrogen and oxygen atoms in total. The summed E-state index contributed by atoms with van der Waals surface area (Å²) >= 11 is 5.70. The van der Waals surface area contributed by atoms with Crippen LogP contribution in [0.2, 0.25) is 5.02 Å². The molecule has 112 valence electrons. The summed E-state index contributed by atoms with van der Waals surface area (Å²) in [5.74, 6) is -0.633. The lowest BCUT2D eigenvalue weighted by Crippen LogP contribution is -2.23.